The summed E-state index contributed by atoms with van der Waals surface area (Å²) in [5.41, 5.74) is 0.901. The van der Waals surface area contributed by atoms with E-state index in [1.54, 1.807) is 6.07 Å². The van der Waals surface area contributed by atoms with E-state index in [9.17, 15) is 14.0 Å². The minimum atomic E-state index is -0.724. The Bertz CT molecular complexity index is 969. The van der Waals surface area contributed by atoms with E-state index in [0.717, 1.165) is 43.2 Å². The van der Waals surface area contributed by atoms with Gasteiger partial charge in [0.25, 0.3) is 5.91 Å². The molecule has 1 aromatic carbocycles. The van der Waals surface area contributed by atoms with Crippen LogP contribution in [-0.2, 0) is 4.79 Å². The van der Waals surface area contributed by atoms with Gasteiger partial charge in [0.05, 0.1) is 5.56 Å². The molecule has 0 unspecified atom stereocenters. The highest BCUT2D eigenvalue weighted by molar-refractivity contribution is 7.17. The van der Waals surface area contributed by atoms with Crippen molar-refractivity contribution in [1.29, 1.82) is 0 Å². The Balaban J connectivity index is 1.41. The summed E-state index contributed by atoms with van der Waals surface area (Å²) in [6, 6.07) is 4.78. The molecule has 0 aliphatic heterocycles. The van der Waals surface area contributed by atoms with E-state index < -0.39 is 5.97 Å². The highest BCUT2D eigenvalue weighted by atomic mass is 32.1. The highest BCUT2D eigenvalue weighted by Gasteiger charge is 2.57. The molecule has 2 N–H and O–H groups in total. The Morgan fingerprint density at radius 3 is 2.71 bits per heavy atom. The number of benzene rings is 1. The smallest absolute Gasteiger partial charge is 0.303 e. The molecule has 6 heteroatoms. The van der Waals surface area contributed by atoms with Crippen LogP contribution in [0.1, 0.15) is 75.6 Å². The van der Waals surface area contributed by atoms with Crippen molar-refractivity contribution in [2.24, 2.45) is 23.2 Å². The molecule has 5 rings (SSSR count). The lowest BCUT2D eigenvalue weighted by Gasteiger charge is -2.62. The highest BCUT2D eigenvalue weighted by Crippen LogP contribution is 2.62. The number of rotatable bonds is 9. The van der Waals surface area contributed by atoms with Crippen molar-refractivity contribution in [2.75, 3.05) is 0 Å². The summed E-state index contributed by atoms with van der Waals surface area (Å²) in [4.78, 5) is 23.8. The van der Waals surface area contributed by atoms with Crippen molar-refractivity contribution in [3.8, 4) is 0 Å². The number of halogens is 1. The molecule has 3 aliphatic carbocycles. The van der Waals surface area contributed by atoms with Crippen molar-refractivity contribution in [3.05, 3.63) is 35.0 Å². The Hall–Kier alpha value is -1.95. The zero-order valence-electron chi connectivity index (χ0n) is 18.3. The van der Waals surface area contributed by atoms with Gasteiger partial charge in [-0.1, -0.05) is 33.1 Å². The number of carbonyl (C=O) groups excluding carboxylic acids is 1. The summed E-state index contributed by atoms with van der Waals surface area (Å²) >= 11 is 1.48. The van der Waals surface area contributed by atoms with Crippen LogP contribution in [0.15, 0.2) is 23.6 Å². The predicted molar refractivity (Wildman–Crippen MR) is 122 cm³/mol. The minimum absolute atomic E-state index is 0.0904. The van der Waals surface area contributed by atoms with Gasteiger partial charge >= 0.3 is 5.97 Å². The van der Waals surface area contributed by atoms with Crippen LogP contribution >= 0.6 is 11.3 Å². The number of aliphatic carboxylic acids is 1. The summed E-state index contributed by atoms with van der Waals surface area (Å²) in [5, 5.41) is 14.6. The number of hydrogen-bond donors (Lipinski definition) is 2. The number of thiophene rings is 1. The number of hydrogen-bond acceptors (Lipinski definition) is 3. The molecule has 31 heavy (non-hydrogen) atoms. The van der Waals surface area contributed by atoms with Crippen LogP contribution in [0.5, 0.6) is 0 Å². The number of fused-ring (bicyclic) bond motifs is 3. The molecule has 4 atom stereocenters. The first-order valence-corrected chi connectivity index (χ1v) is 12.3. The molecule has 168 valence electrons. The van der Waals surface area contributed by atoms with Gasteiger partial charge in [0.1, 0.15) is 5.82 Å². The molecule has 0 spiro atoms. The molecular formula is C25H32FNO3S. The summed E-state index contributed by atoms with van der Waals surface area (Å²) < 4.78 is 14.7. The van der Waals surface area contributed by atoms with Gasteiger partial charge in [0.2, 0.25) is 0 Å². The van der Waals surface area contributed by atoms with Crippen molar-refractivity contribution < 1.29 is 19.1 Å². The number of unbranched alkanes of at least 4 members (excludes halogenated alkanes) is 3. The van der Waals surface area contributed by atoms with Crippen LogP contribution in [-0.4, -0.2) is 23.0 Å². The second-order valence-corrected chi connectivity index (χ2v) is 10.9. The first-order chi connectivity index (χ1) is 14.8. The van der Waals surface area contributed by atoms with Crippen LogP contribution in [0.2, 0.25) is 0 Å². The van der Waals surface area contributed by atoms with Crippen molar-refractivity contribution >= 4 is 33.3 Å². The average molecular weight is 446 g/mol. The third-order valence-corrected chi connectivity index (χ3v) is 8.86. The van der Waals surface area contributed by atoms with E-state index in [0.29, 0.717) is 34.1 Å². The number of amides is 1. The van der Waals surface area contributed by atoms with Crippen LogP contribution in [0, 0.1) is 29.0 Å². The maximum absolute atomic E-state index is 13.7. The molecule has 1 aromatic heterocycles. The van der Waals surface area contributed by atoms with Crippen LogP contribution in [0.25, 0.3) is 10.1 Å². The number of carboxylic acid groups (broad SMARTS) is 1. The number of carbonyl (C=O) groups is 2. The molecule has 1 heterocycles. The van der Waals surface area contributed by atoms with Crippen LogP contribution < -0.4 is 5.32 Å². The van der Waals surface area contributed by atoms with Gasteiger partial charge in [-0.3, -0.25) is 9.59 Å². The maximum Gasteiger partial charge on any atom is 0.303 e. The lowest BCUT2D eigenvalue weighted by molar-refractivity contribution is -0.137. The van der Waals surface area contributed by atoms with Gasteiger partial charge in [-0.25, -0.2) is 4.39 Å². The molecule has 3 saturated carbocycles. The zero-order chi connectivity index (χ0) is 22.2. The number of nitrogens with one attached hydrogen (secondary N) is 1. The van der Waals surface area contributed by atoms with Gasteiger partial charge in [-0.15, -0.1) is 11.3 Å². The average Bonchev–Trinajstić information content (AvgIpc) is 3.13. The maximum atomic E-state index is 13.7. The Morgan fingerprint density at radius 2 is 1.97 bits per heavy atom. The lowest BCUT2D eigenvalue weighted by atomic mass is 9.44. The molecule has 2 bridgehead atoms. The fourth-order valence-electron chi connectivity index (χ4n) is 5.95. The van der Waals surface area contributed by atoms with E-state index in [-0.39, 0.29) is 24.2 Å². The lowest BCUT2D eigenvalue weighted by Crippen LogP contribution is -2.61. The summed E-state index contributed by atoms with van der Waals surface area (Å²) in [6.45, 7) is 4.72. The molecule has 3 aliphatic rings. The monoisotopic (exact) mass is 445 g/mol. The van der Waals surface area contributed by atoms with Crippen molar-refractivity contribution in [2.45, 2.75) is 71.3 Å². The van der Waals surface area contributed by atoms with E-state index in [1.807, 2.05) is 5.38 Å². The molecule has 0 saturated heterocycles. The van der Waals surface area contributed by atoms with E-state index in [2.05, 4.69) is 19.2 Å². The molecule has 0 radical (unpaired) electrons. The first kappa shape index (κ1) is 22.3. The second kappa shape index (κ2) is 8.89. The Kier molecular flexibility index (Phi) is 6.38. The fourth-order valence-corrected chi connectivity index (χ4v) is 6.87. The van der Waals surface area contributed by atoms with Crippen molar-refractivity contribution in [3.63, 3.8) is 0 Å². The standard InChI is InChI=1S/C25H32FNO3S/c1-25(2)15-11-20(25)17(7-5-3-4-6-8-23(28)29)21(12-15)27-24(30)19-14-31-22-10-9-16(26)13-18(19)22/h9-10,13-15,17,20-21H,3-8,11-12H2,1-2H3,(H,27,30)(H,28,29)/t15-,17+,20+,21-/m1/s1. The fraction of sp³-hybridized carbons (Fsp3) is 0.600. The van der Waals surface area contributed by atoms with Crippen molar-refractivity contribution in [1.82, 2.24) is 5.32 Å². The normalized spacial score (nSPS) is 26.4. The van der Waals surface area contributed by atoms with E-state index in [4.69, 9.17) is 5.11 Å². The Labute approximate surface area is 187 Å². The summed E-state index contributed by atoms with van der Waals surface area (Å²) in [7, 11) is 0. The zero-order valence-corrected chi connectivity index (χ0v) is 19.1. The largest absolute Gasteiger partial charge is 0.481 e. The van der Waals surface area contributed by atoms with Gasteiger partial charge in [0, 0.05) is 27.9 Å². The molecule has 1 amide bonds. The summed E-state index contributed by atoms with van der Waals surface area (Å²) in [5.74, 6) is 0.579. The molecular weight excluding hydrogens is 413 g/mol. The predicted octanol–water partition coefficient (Wildman–Crippen LogP) is 6.25. The quantitative estimate of drug-likeness (QED) is 0.449. The van der Waals surface area contributed by atoms with Gasteiger partial charge < -0.3 is 10.4 Å². The third kappa shape index (κ3) is 4.50. The minimum Gasteiger partial charge on any atom is -0.481 e. The van der Waals surface area contributed by atoms with Gasteiger partial charge in [-0.2, -0.15) is 0 Å². The molecule has 2 aromatic rings. The third-order valence-electron chi connectivity index (χ3n) is 7.89. The molecule has 3 fully saturated rings. The van der Waals surface area contributed by atoms with Crippen LogP contribution in [0.3, 0.4) is 0 Å². The van der Waals surface area contributed by atoms with E-state index >= 15 is 0 Å². The Morgan fingerprint density at radius 1 is 1.19 bits per heavy atom. The second-order valence-electron chi connectivity index (χ2n) is 9.98. The summed E-state index contributed by atoms with van der Waals surface area (Å²) in [6.07, 6.45) is 7.35. The topological polar surface area (TPSA) is 66.4 Å². The van der Waals surface area contributed by atoms with E-state index in [1.165, 1.54) is 29.9 Å². The first-order valence-electron chi connectivity index (χ1n) is 11.5. The molecule has 4 nitrogen and oxygen atoms in total. The SMILES string of the molecule is CC1(C)[C@H]2C[C@@H](NC(=O)c3csc4ccc(F)cc34)[C@@H](CCCCCCC(=O)O)[C@@H]1C2. The van der Waals surface area contributed by atoms with Gasteiger partial charge in [0.15, 0.2) is 0 Å². The van der Waals surface area contributed by atoms with Crippen LogP contribution in [0.4, 0.5) is 4.39 Å². The van der Waals surface area contributed by atoms with Gasteiger partial charge in [-0.05, 0) is 67.1 Å². The number of carboxylic acids is 1.